The Kier molecular flexibility index (Phi) is 10.7. The Labute approximate surface area is 446 Å². The highest BCUT2D eigenvalue weighted by Gasteiger charge is 2.31. The van der Waals surface area contributed by atoms with Crippen LogP contribution >= 0.6 is 0 Å². The summed E-state index contributed by atoms with van der Waals surface area (Å²) < 4.78 is 5.35. The summed E-state index contributed by atoms with van der Waals surface area (Å²) in [4.78, 5) is 5.07. The van der Waals surface area contributed by atoms with Crippen LogP contribution < -0.4 is 9.80 Å². The molecule has 0 bridgehead atoms. The number of anilines is 6. The van der Waals surface area contributed by atoms with Gasteiger partial charge in [-0.25, -0.2) is 0 Å². The fourth-order valence-corrected chi connectivity index (χ4v) is 14.6. The van der Waals surface area contributed by atoms with Crippen LogP contribution in [-0.2, 0) is 0 Å². The summed E-state index contributed by atoms with van der Waals surface area (Å²) in [6.45, 7) is 9.15. The summed E-state index contributed by atoms with van der Waals surface area (Å²) in [7, 11) is 0. The zero-order chi connectivity index (χ0) is 50.8. The van der Waals surface area contributed by atoms with E-state index in [0.717, 1.165) is 0 Å². The van der Waals surface area contributed by atoms with Crippen molar-refractivity contribution < 1.29 is 0 Å². The predicted molar refractivity (Wildman–Crippen MR) is 325 cm³/mol. The number of hydrogen-bond acceptors (Lipinski definition) is 2. The summed E-state index contributed by atoms with van der Waals surface area (Å²) in [5, 5.41) is 10.8. The number of hydrogen-bond donors (Lipinski definition) is 0. The van der Waals surface area contributed by atoms with Crippen molar-refractivity contribution in [2.45, 2.75) is 116 Å². The molecule has 2 aliphatic rings. The summed E-state index contributed by atoms with van der Waals surface area (Å²) >= 11 is 0. The maximum absolute atomic E-state index is 2.67. The molecule has 0 aliphatic heterocycles. The average Bonchev–Trinajstić information content (AvgIpc) is 4.39. The largest absolute Gasteiger partial charge is 0.310 e. The molecule has 0 N–H and O–H groups in total. The van der Waals surface area contributed by atoms with Crippen LogP contribution in [0.5, 0.6) is 0 Å². The normalized spacial score (nSPS) is 15.2. The van der Waals surface area contributed by atoms with E-state index >= 15 is 0 Å². The fraction of sp³-hybridized carbons (Fsp3) is 0.250. The average molecular weight is 987 g/mol. The molecule has 2 saturated carbocycles. The van der Waals surface area contributed by atoms with Crippen LogP contribution in [0.3, 0.4) is 0 Å². The molecule has 0 atom stereocenters. The van der Waals surface area contributed by atoms with Gasteiger partial charge >= 0.3 is 0 Å². The van der Waals surface area contributed by atoms with Gasteiger partial charge in [0.15, 0.2) is 0 Å². The lowest BCUT2D eigenvalue weighted by Gasteiger charge is -2.28. The molecule has 4 heteroatoms. The first-order valence-electron chi connectivity index (χ1n) is 28.7. The molecule has 76 heavy (non-hydrogen) atoms. The second kappa shape index (κ2) is 17.9. The third kappa shape index (κ3) is 6.88. The van der Waals surface area contributed by atoms with Gasteiger partial charge in [-0.2, -0.15) is 0 Å². The number of para-hydroxylation sites is 2. The third-order valence-electron chi connectivity index (χ3n) is 18.3. The molecule has 13 aromatic rings. The van der Waals surface area contributed by atoms with E-state index in [1.165, 1.54) is 197 Å². The van der Waals surface area contributed by atoms with Gasteiger partial charge in [-0.3, -0.25) is 0 Å². The first-order chi connectivity index (χ1) is 37.4. The maximum atomic E-state index is 2.67. The van der Waals surface area contributed by atoms with Crippen LogP contribution in [0.2, 0.25) is 0 Å². The fourth-order valence-electron chi connectivity index (χ4n) is 14.6. The Hall–Kier alpha value is -7.82. The van der Waals surface area contributed by atoms with Crippen molar-refractivity contribution >= 4 is 110 Å². The molecule has 9 aromatic carbocycles. The van der Waals surface area contributed by atoms with Crippen LogP contribution in [0.15, 0.2) is 182 Å². The van der Waals surface area contributed by atoms with E-state index in [1.54, 1.807) is 0 Å². The minimum absolute atomic E-state index is 0.459. The van der Waals surface area contributed by atoms with Crippen molar-refractivity contribution in [1.29, 1.82) is 0 Å². The van der Waals surface area contributed by atoms with Crippen LogP contribution in [-0.4, -0.2) is 8.80 Å². The molecule has 0 unspecified atom stereocenters. The van der Waals surface area contributed by atoms with Crippen LogP contribution in [0.1, 0.15) is 138 Å². The van der Waals surface area contributed by atoms with E-state index < -0.39 is 0 Å². The van der Waals surface area contributed by atoms with E-state index in [1.807, 2.05) is 0 Å². The van der Waals surface area contributed by atoms with Gasteiger partial charge in [-0.15, -0.1) is 0 Å². The van der Waals surface area contributed by atoms with Crippen molar-refractivity contribution in [2.75, 3.05) is 9.80 Å². The first kappa shape index (κ1) is 45.6. The number of nitrogens with zero attached hydrogens (tertiary/aromatic N) is 4. The van der Waals surface area contributed by atoms with Crippen molar-refractivity contribution in [3.05, 3.63) is 204 Å². The molecule has 374 valence electrons. The highest BCUT2D eigenvalue weighted by atomic mass is 15.2. The third-order valence-corrected chi connectivity index (χ3v) is 18.3. The summed E-state index contributed by atoms with van der Waals surface area (Å²) in [6.07, 6.45) is 12.8. The van der Waals surface area contributed by atoms with E-state index in [4.69, 9.17) is 0 Å². The molecular formula is C72H66N4. The summed E-state index contributed by atoms with van der Waals surface area (Å²) in [5.41, 5.74) is 20.8. The Balaban J connectivity index is 1.05. The molecular weight excluding hydrogens is 921 g/mol. The second-order valence-electron chi connectivity index (χ2n) is 23.3. The number of benzene rings is 9. The van der Waals surface area contributed by atoms with Crippen LogP contribution in [0.4, 0.5) is 34.1 Å². The molecule has 2 fully saturated rings. The van der Waals surface area contributed by atoms with Crippen LogP contribution in [0.25, 0.3) is 76.2 Å². The minimum atomic E-state index is 0.459. The SMILES string of the molecule is CC(C)c1ccc(N(c2ccccc2)c2ccc3c4cc5c(cc4n4c6cccc(C7CCCCC7)c6c2c34)c2ccc(N(c3ccccc3)c3ccc(C(C)C)cc3)c3c4c(C6CCCCC6)cccc4n5c23)cc1. The van der Waals surface area contributed by atoms with Gasteiger partial charge in [0, 0.05) is 65.8 Å². The lowest BCUT2D eigenvalue weighted by atomic mass is 9.82. The standard InChI is InChI=1S/C72H66N4/c1-45(2)47-31-35-53(36-32-47)73(51-23-13-7-14-24-51)63-41-39-57-59-43-66-60(44-65(59)75-61-29-17-27-55(49-19-9-5-10-20-49)67(61)69(63)71(57)75)58-40-42-64(74(52-25-15-8-16-26-52)54-37-33-48(34-38-54)46(3)4)70-68-56(50-21-11-6-12-22-50)28-18-30-62(68)76(66)72(58)70/h7-8,13-18,23-46,49-50H,5-6,9-12,19-22H2,1-4H3. The van der Waals surface area contributed by atoms with E-state index in [0.29, 0.717) is 23.7 Å². The second-order valence-corrected chi connectivity index (χ2v) is 23.3. The van der Waals surface area contributed by atoms with E-state index in [2.05, 4.69) is 228 Å². The number of rotatable bonds is 10. The van der Waals surface area contributed by atoms with Crippen molar-refractivity contribution in [1.82, 2.24) is 8.80 Å². The van der Waals surface area contributed by atoms with E-state index in [-0.39, 0.29) is 0 Å². The maximum Gasteiger partial charge on any atom is 0.0641 e. The molecule has 0 amide bonds. The van der Waals surface area contributed by atoms with Crippen LogP contribution in [0, 0.1) is 0 Å². The molecule has 0 saturated heterocycles. The van der Waals surface area contributed by atoms with Gasteiger partial charge in [0.2, 0.25) is 0 Å². The minimum Gasteiger partial charge on any atom is -0.310 e. The topological polar surface area (TPSA) is 15.3 Å². The van der Waals surface area contributed by atoms with Gasteiger partial charge in [0.25, 0.3) is 0 Å². The Morgan fingerprint density at radius 3 is 1.11 bits per heavy atom. The van der Waals surface area contributed by atoms with E-state index in [9.17, 15) is 0 Å². The monoisotopic (exact) mass is 987 g/mol. The van der Waals surface area contributed by atoms with Gasteiger partial charge in [-0.05, 0) is 157 Å². The summed E-state index contributed by atoms with van der Waals surface area (Å²) in [5.74, 6) is 1.99. The van der Waals surface area contributed by atoms with Gasteiger partial charge in [-0.1, -0.05) is 163 Å². The molecule has 15 rings (SSSR count). The molecule has 0 radical (unpaired) electrons. The predicted octanol–water partition coefficient (Wildman–Crippen LogP) is 21.3. The van der Waals surface area contributed by atoms with Gasteiger partial charge < -0.3 is 18.6 Å². The zero-order valence-corrected chi connectivity index (χ0v) is 44.5. The number of aromatic nitrogens is 2. The lowest BCUT2D eigenvalue weighted by molar-refractivity contribution is 0.445. The van der Waals surface area contributed by atoms with Crippen molar-refractivity contribution in [3.63, 3.8) is 0 Å². The smallest absolute Gasteiger partial charge is 0.0641 e. The highest BCUT2D eigenvalue weighted by Crippen LogP contribution is 2.54. The summed E-state index contributed by atoms with van der Waals surface area (Å²) in [6, 6.07) is 70.3. The quantitative estimate of drug-likeness (QED) is 0.136. The number of fused-ring (bicyclic) bond motifs is 12. The highest BCUT2D eigenvalue weighted by molar-refractivity contribution is 6.32. The molecule has 2 aliphatic carbocycles. The van der Waals surface area contributed by atoms with Gasteiger partial charge in [0.1, 0.15) is 0 Å². The molecule has 0 spiro atoms. The zero-order valence-electron chi connectivity index (χ0n) is 44.5. The van der Waals surface area contributed by atoms with Crippen molar-refractivity contribution in [2.24, 2.45) is 0 Å². The first-order valence-corrected chi connectivity index (χ1v) is 28.7. The lowest BCUT2D eigenvalue weighted by Crippen LogP contribution is -2.11. The molecule has 4 aromatic heterocycles. The van der Waals surface area contributed by atoms with Gasteiger partial charge in [0.05, 0.1) is 44.5 Å². The Morgan fingerprint density at radius 1 is 0.342 bits per heavy atom. The Morgan fingerprint density at radius 2 is 0.724 bits per heavy atom. The van der Waals surface area contributed by atoms with Crippen molar-refractivity contribution in [3.8, 4) is 0 Å². The molecule has 4 heterocycles. The molecule has 4 nitrogen and oxygen atoms in total. The Bertz CT molecular complexity index is 4000.